The average Bonchev–Trinajstić information content (AvgIpc) is 2.90. The van der Waals surface area contributed by atoms with E-state index in [-0.39, 0.29) is 5.69 Å². The summed E-state index contributed by atoms with van der Waals surface area (Å²) >= 11 is 0. The van der Waals surface area contributed by atoms with Gasteiger partial charge in [0.05, 0.1) is 5.69 Å². The Morgan fingerprint density at radius 3 is 2.44 bits per heavy atom. The van der Waals surface area contributed by atoms with Crippen LogP contribution in [0.5, 0.6) is 0 Å². The van der Waals surface area contributed by atoms with E-state index in [1.54, 1.807) is 13.1 Å². The lowest BCUT2D eigenvalue weighted by atomic mass is 9.87. The first-order chi connectivity index (χ1) is 11.9. The van der Waals surface area contributed by atoms with Gasteiger partial charge in [-0.15, -0.1) is 0 Å². The van der Waals surface area contributed by atoms with E-state index in [1.165, 1.54) is 47.4 Å². The number of nitrogens with zero attached hydrogens (tertiary/aromatic N) is 2. The minimum Gasteiger partial charge on any atom is -0.344 e. The third kappa shape index (κ3) is 3.10. The van der Waals surface area contributed by atoms with E-state index in [0.717, 1.165) is 0 Å². The number of rotatable bonds is 3. The number of likely N-dealkylation sites (N-methyl/N-ethyl adjacent to an activating group) is 1. The fourth-order valence-electron chi connectivity index (χ4n) is 3.10. The molecule has 1 saturated heterocycles. The van der Waals surface area contributed by atoms with Gasteiger partial charge in [0.1, 0.15) is 17.6 Å². The predicted molar refractivity (Wildman–Crippen MR) is 88.3 cm³/mol. The Hall–Kier alpha value is -2.80. The predicted octanol–water partition coefficient (Wildman–Crippen LogP) is 2.04. The molecule has 0 aromatic heterocycles. The summed E-state index contributed by atoms with van der Waals surface area (Å²) < 4.78 is 27.1. The number of benzene rings is 2. The summed E-state index contributed by atoms with van der Waals surface area (Å²) in [5.74, 6) is 2.08. The van der Waals surface area contributed by atoms with Crippen LogP contribution >= 0.6 is 0 Å². The van der Waals surface area contributed by atoms with E-state index < -0.39 is 35.3 Å². The largest absolute Gasteiger partial charge is 0.344 e. The Balaban J connectivity index is 1.94. The number of hydrogen-bond acceptors (Lipinski definition) is 3. The van der Waals surface area contributed by atoms with Gasteiger partial charge in [0.15, 0.2) is 0 Å². The van der Waals surface area contributed by atoms with Gasteiger partial charge in [-0.25, -0.2) is 19.6 Å². The second kappa shape index (κ2) is 6.60. The molecule has 3 rings (SSSR count). The van der Waals surface area contributed by atoms with Gasteiger partial charge < -0.3 is 4.90 Å². The molecule has 0 aliphatic carbocycles. The van der Waals surface area contributed by atoms with Gasteiger partial charge in [-0.05, 0) is 29.8 Å². The molecule has 0 spiro atoms. The highest BCUT2D eigenvalue weighted by molar-refractivity contribution is 6.09. The molecule has 2 aromatic rings. The van der Waals surface area contributed by atoms with Crippen molar-refractivity contribution in [2.45, 2.75) is 5.92 Å². The lowest BCUT2D eigenvalue weighted by molar-refractivity contribution is -0.136. The highest BCUT2D eigenvalue weighted by atomic mass is 19.1. The molecular formula is C18H17F2N3O2. The first kappa shape index (κ1) is 17.0. The van der Waals surface area contributed by atoms with Crippen LogP contribution < -0.4 is 10.9 Å². The maximum absolute atomic E-state index is 13.9. The number of hydrazine groups is 1. The number of likely N-dealkylation sites (tertiary alicyclic amines) is 1. The minimum atomic E-state index is -1.08. The van der Waals surface area contributed by atoms with Crippen molar-refractivity contribution >= 4 is 17.5 Å². The summed E-state index contributed by atoms with van der Waals surface area (Å²) in [7, 11) is 1.58. The molecule has 2 amide bonds. The van der Waals surface area contributed by atoms with E-state index in [0.29, 0.717) is 17.1 Å². The maximum atomic E-state index is 13.9. The number of para-hydroxylation sites is 1. The van der Waals surface area contributed by atoms with E-state index in [4.69, 9.17) is 5.84 Å². The van der Waals surface area contributed by atoms with E-state index >= 15 is 0 Å². The fourth-order valence-corrected chi connectivity index (χ4v) is 3.10. The quantitative estimate of drug-likeness (QED) is 0.401. The molecule has 0 radical (unpaired) electrons. The van der Waals surface area contributed by atoms with Crippen LogP contribution in [0.4, 0.5) is 14.5 Å². The number of halogens is 2. The van der Waals surface area contributed by atoms with Crippen LogP contribution in [-0.2, 0) is 9.59 Å². The Labute approximate surface area is 143 Å². The van der Waals surface area contributed by atoms with Crippen LogP contribution in [-0.4, -0.2) is 30.3 Å². The molecule has 2 N–H and O–H groups in total. The number of carbonyl (C=O) groups excluding carboxylic acids is 2. The molecule has 1 heterocycles. The number of carbonyl (C=O) groups is 2. The summed E-state index contributed by atoms with van der Waals surface area (Å²) in [6.07, 6.45) is 0. The third-order valence-corrected chi connectivity index (χ3v) is 4.43. The Kier molecular flexibility index (Phi) is 4.50. The first-order valence-corrected chi connectivity index (χ1v) is 7.73. The van der Waals surface area contributed by atoms with Gasteiger partial charge in [-0.1, -0.05) is 24.3 Å². The summed E-state index contributed by atoms with van der Waals surface area (Å²) in [5, 5.41) is 0.674. The van der Waals surface area contributed by atoms with Crippen molar-refractivity contribution in [3.8, 4) is 0 Å². The number of nitrogens with two attached hydrogens (primary N) is 1. The van der Waals surface area contributed by atoms with Crippen molar-refractivity contribution in [3.05, 3.63) is 65.7 Å². The van der Waals surface area contributed by atoms with E-state index in [1.807, 2.05) is 0 Å². The van der Waals surface area contributed by atoms with Crippen molar-refractivity contribution in [1.82, 2.24) is 4.90 Å². The van der Waals surface area contributed by atoms with Gasteiger partial charge in [0, 0.05) is 19.5 Å². The van der Waals surface area contributed by atoms with Crippen molar-refractivity contribution in [2.75, 3.05) is 18.6 Å². The summed E-state index contributed by atoms with van der Waals surface area (Å²) in [4.78, 5) is 26.7. The van der Waals surface area contributed by atoms with E-state index in [9.17, 15) is 18.4 Å². The van der Waals surface area contributed by atoms with Crippen LogP contribution in [0.3, 0.4) is 0 Å². The lowest BCUT2D eigenvalue weighted by Crippen LogP contribution is -2.45. The van der Waals surface area contributed by atoms with Gasteiger partial charge in [-0.3, -0.25) is 9.59 Å². The number of anilines is 1. The molecule has 2 unspecified atom stereocenters. The molecule has 1 aliphatic rings. The molecule has 2 atom stereocenters. The fraction of sp³-hybridized carbons (Fsp3) is 0.222. The average molecular weight is 345 g/mol. The lowest BCUT2D eigenvalue weighted by Gasteiger charge is -2.23. The molecule has 0 bridgehead atoms. The Morgan fingerprint density at radius 1 is 1.16 bits per heavy atom. The normalized spacial score (nSPS) is 20.0. The maximum Gasteiger partial charge on any atom is 0.254 e. The highest BCUT2D eigenvalue weighted by Crippen LogP contribution is 2.35. The smallest absolute Gasteiger partial charge is 0.254 e. The Morgan fingerprint density at radius 2 is 1.80 bits per heavy atom. The van der Waals surface area contributed by atoms with Crippen LogP contribution in [0, 0.1) is 17.6 Å². The summed E-state index contributed by atoms with van der Waals surface area (Å²) in [6, 6.07) is 11.2. The molecule has 25 heavy (non-hydrogen) atoms. The zero-order valence-electron chi connectivity index (χ0n) is 13.5. The van der Waals surface area contributed by atoms with Gasteiger partial charge >= 0.3 is 0 Å². The molecule has 1 fully saturated rings. The van der Waals surface area contributed by atoms with Crippen molar-refractivity contribution in [1.29, 1.82) is 0 Å². The zero-order chi connectivity index (χ0) is 18.1. The second-order valence-corrected chi connectivity index (χ2v) is 6.01. The third-order valence-electron chi connectivity index (χ3n) is 4.43. The van der Waals surface area contributed by atoms with Gasteiger partial charge in [0.25, 0.3) is 5.91 Å². The monoisotopic (exact) mass is 345 g/mol. The summed E-state index contributed by atoms with van der Waals surface area (Å²) in [6.45, 7) is 0.298. The second-order valence-electron chi connectivity index (χ2n) is 6.01. The number of amides is 2. The van der Waals surface area contributed by atoms with Crippen LogP contribution in [0.1, 0.15) is 11.5 Å². The summed E-state index contributed by atoms with van der Waals surface area (Å²) in [5.41, 5.74) is 0.548. The standard InChI is InChI=1S/C18H17F2N3O2/c1-22-10-13(11-6-8-12(19)9-7-11)16(17(22)24)18(25)23(21)15-5-3-2-4-14(15)20/h2-9,13,16H,10,21H2,1H3. The Bertz CT molecular complexity index is 810. The molecule has 5 nitrogen and oxygen atoms in total. The molecule has 1 aliphatic heterocycles. The molecule has 130 valence electrons. The SMILES string of the molecule is CN1CC(c2ccc(F)cc2)C(C(=O)N(N)c2ccccc2F)C1=O. The van der Waals surface area contributed by atoms with Crippen molar-refractivity contribution in [3.63, 3.8) is 0 Å². The van der Waals surface area contributed by atoms with Crippen LogP contribution in [0.2, 0.25) is 0 Å². The number of hydrogen-bond donors (Lipinski definition) is 1. The van der Waals surface area contributed by atoms with Crippen molar-refractivity contribution in [2.24, 2.45) is 11.8 Å². The first-order valence-electron chi connectivity index (χ1n) is 7.73. The molecular weight excluding hydrogens is 328 g/mol. The molecule has 0 saturated carbocycles. The van der Waals surface area contributed by atoms with Gasteiger partial charge in [-0.2, -0.15) is 0 Å². The highest BCUT2D eigenvalue weighted by Gasteiger charge is 2.46. The molecule has 7 heteroatoms. The topological polar surface area (TPSA) is 66.6 Å². The van der Waals surface area contributed by atoms with Gasteiger partial charge in [0.2, 0.25) is 5.91 Å². The van der Waals surface area contributed by atoms with Crippen LogP contribution in [0.25, 0.3) is 0 Å². The molecule has 2 aromatic carbocycles. The minimum absolute atomic E-state index is 0.104. The van der Waals surface area contributed by atoms with E-state index in [2.05, 4.69) is 0 Å². The van der Waals surface area contributed by atoms with Crippen molar-refractivity contribution < 1.29 is 18.4 Å². The zero-order valence-corrected chi connectivity index (χ0v) is 13.5. The van der Waals surface area contributed by atoms with Crippen LogP contribution in [0.15, 0.2) is 48.5 Å².